The van der Waals surface area contributed by atoms with E-state index in [2.05, 4.69) is 15.6 Å². The summed E-state index contributed by atoms with van der Waals surface area (Å²) in [5.41, 5.74) is 0. The fraction of sp³-hybridized carbons (Fsp3) is 0.667. The molecule has 3 aliphatic rings. The number of imide groups is 1. The van der Waals surface area contributed by atoms with Gasteiger partial charge in [-0.2, -0.15) is 0 Å². The molecule has 4 rings (SSSR count). The predicted octanol–water partition coefficient (Wildman–Crippen LogP) is 4.90. The van der Waals surface area contributed by atoms with Gasteiger partial charge in [-0.15, -0.1) is 0 Å². The number of rotatable bonds is 7. The second-order valence-corrected chi connectivity index (χ2v) is 9.99. The fourth-order valence-corrected chi connectivity index (χ4v) is 5.60. The molecule has 0 radical (unpaired) electrons. The number of nitrogens with zero attached hydrogens (tertiary/aromatic N) is 2. The first-order valence-electron chi connectivity index (χ1n) is 12.1. The maximum atomic E-state index is 13.3. The lowest BCUT2D eigenvalue weighted by Crippen LogP contribution is -2.49. The molecule has 1 aliphatic heterocycles. The molecule has 1 aromatic rings. The largest absolute Gasteiger partial charge is 0.326 e. The van der Waals surface area contributed by atoms with Gasteiger partial charge in [0.05, 0.1) is 5.02 Å². The molecule has 2 N–H and O–H groups in total. The van der Waals surface area contributed by atoms with E-state index in [1.807, 2.05) is 0 Å². The van der Waals surface area contributed by atoms with E-state index in [1.165, 1.54) is 36.8 Å². The smallest absolute Gasteiger partial charge is 0.325 e. The Bertz CT molecular complexity index is 819. The zero-order valence-electron chi connectivity index (χ0n) is 18.5. The number of anilines is 1. The number of carbonyl (C=O) groups excluding carboxylic acids is 3. The van der Waals surface area contributed by atoms with E-state index in [0.717, 1.165) is 38.5 Å². The number of nitrogens with one attached hydrogen (secondary N) is 2. The van der Waals surface area contributed by atoms with Crippen LogP contribution in [0.3, 0.4) is 0 Å². The molecule has 1 aromatic heterocycles. The summed E-state index contributed by atoms with van der Waals surface area (Å²) in [5.74, 6) is 0.518. The molecular weight excluding hydrogens is 428 g/mol. The zero-order valence-corrected chi connectivity index (χ0v) is 19.3. The quantitative estimate of drug-likeness (QED) is 0.566. The number of carbonyl (C=O) groups is 3. The van der Waals surface area contributed by atoms with E-state index >= 15 is 0 Å². The maximum absolute atomic E-state index is 13.3. The highest BCUT2D eigenvalue weighted by Crippen LogP contribution is 2.32. The van der Waals surface area contributed by atoms with Crippen molar-refractivity contribution >= 4 is 35.3 Å². The SMILES string of the molecule is O=C(Nc1ccc(Cl)cn1)C(CC1CCCCC1)N1C(=O)N[C@@H](CC2CCCCC2)C1=O. The molecule has 0 bridgehead atoms. The molecule has 4 amide bonds. The predicted molar refractivity (Wildman–Crippen MR) is 123 cm³/mol. The molecule has 0 spiro atoms. The third kappa shape index (κ3) is 5.61. The van der Waals surface area contributed by atoms with Gasteiger partial charge in [-0.05, 0) is 36.8 Å². The maximum Gasteiger partial charge on any atom is 0.325 e. The van der Waals surface area contributed by atoms with Gasteiger partial charge in [0.15, 0.2) is 0 Å². The second kappa shape index (κ2) is 10.6. The Balaban J connectivity index is 1.49. The Hall–Kier alpha value is -2.15. The first kappa shape index (κ1) is 23.0. The van der Waals surface area contributed by atoms with Crippen molar-refractivity contribution in [3.05, 3.63) is 23.4 Å². The van der Waals surface area contributed by atoms with Crippen molar-refractivity contribution in [3.63, 3.8) is 0 Å². The van der Waals surface area contributed by atoms with Gasteiger partial charge in [-0.3, -0.25) is 9.59 Å². The highest BCUT2D eigenvalue weighted by Gasteiger charge is 2.45. The number of hydrogen-bond donors (Lipinski definition) is 2. The lowest BCUT2D eigenvalue weighted by atomic mass is 9.83. The number of halogens is 1. The third-order valence-electron chi connectivity index (χ3n) is 7.22. The lowest BCUT2D eigenvalue weighted by molar-refractivity contribution is -0.134. The van der Waals surface area contributed by atoms with E-state index in [-0.39, 0.29) is 11.8 Å². The van der Waals surface area contributed by atoms with E-state index in [1.54, 1.807) is 12.1 Å². The number of amides is 4. The Morgan fingerprint density at radius 3 is 2.34 bits per heavy atom. The monoisotopic (exact) mass is 460 g/mol. The minimum atomic E-state index is -0.834. The van der Waals surface area contributed by atoms with Crippen molar-refractivity contribution in [2.45, 2.75) is 89.1 Å². The van der Waals surface area contributed by atoms with Gasteiger partial charge in [0, 0.05) is 6.20 Å². The first-order valence-corrected chi connectivity index (χ1v) is 12.4. The molecule has 32 heavy (non-hydrogen) atoms. The van der Waals surface area contributed by atoms with E-state index in [9.17, 15) is 14.4 Å². The van der Waals surface area contributed by atoms with Crippen molar-refractivity contribution in [1.29, 1.82) is 0 Å². The molecule has 2 saturated carbocycles. The van der Waals surface area contributed by atoms with Crippen LogP contribution in [0.5, 0.6) is 0 Å². The van der Waals surface area contributed by atoms with Gasteiger partial charge < -0.3 is 10.6 Å². The molecule has 7 nitrogen and oxygen atoms in total. The molecule has 2 atom stereocenters. The molecule has 2 aliphatic carbocycles. The molecule has 2 heterocycles. The second-order valence-electron chi connectivity index (χ2n) is 9.56. The average Bonchev–Trinajstić information content (AvgIpc) is 3.07. The van der Waals surface area contributed by atoms with Crippen LogP contribution in [0.15, 0.2) is 18.3 Å². The van der Waals surface area contributed by atoms with Crippen LogP contribution in [0.4, 0.5) is 10.6 Å². The highest BCUT2D eigenvalue weighted by molar-refractivity contribution is 6.30. The van der Waals surface area contributed by atoms with Crippen molar-refractivity contribution in [2.24, 2.45) is 11.8 Å². The molecular formula is C24H33ClN4O3. The van der Waals surface area contributed by atoms with Gasteiger partial charge in [0.1, 0.15) is 17.9 Å². The van der Waals surface area contributed by atoms with Crippen LogP contribution in [0.1, 0.15) is 77.0 Å². The van der Waals surface area contributed by atoms with Crippen LogP contribution in [-0.4, -0.2) is 39.8 Å². The molecule has 8 heteroatoms. The standard InChI is InChI=1S/C24H33ClN4O3/c25-18-11-12-21(26-15-18)28-22(30)20(14-17-9-5-2-6-10-17)29-23(31)19(27-24(29)32)13-16-7-3-1-4-8-16/h11-12,15-17,19-20H,1-10,13-14H2,(H,27,32)(H,26,28,30)/t19-,20?/m0/s1. The van der Waals surface area contributed by atoms with Gasteiger partial charge in [0.25, 0.3) is 5.91 Å². The molecule has 0 aromatic carbocycles. The summed E-state index contributed by atoms with van der Waals surface area (Å²) in [5, 5.41) is 6.13. The fourth-order valence-electron chi connectivity index (χ4n) is 5.49. The molecule has 3 fully saturated rings. The Kier molecular flexibility index (Phi) is 7.66. The normalized spacial score (nSPS) is 23.8. The van der Waals surface area contributed by atoms with E-state index in [0.29, 0.717) is 35.5 Å². The average molecular weight is 461 g/mol. The van der Waals surface area contributed by atoms with Crippen molar-refractivity contribution in [1.82, 2.24) is 15.2 Å². The van der Waals surface area contributed by atoms with Crippen LogP contribution in [0.2, 0.25) is 5.02 Å². The minimum Gasteiger partial charge on any atom is -0.326 e. The summed E-state index contributed by atoms with van der Waals surface area (Å²) < 4.78 is 0. The Morgan fingerprint density at radius 2 is 1.72 bits per heavy atom. The molecule has 174 valence electrons. The zero-order chi connectivity index (χ0) is 22.5. The number of pyridine rings is 1. The van der Waals surface area contributed by atoms with Crippen molar-refractivity contribution in [2.75, 3.05) is 5.32 Å². The van der Waals surface area contributed by atoms with E-state index in [4.69, 9.17) is 11.6 Å². The summed E-state index contributed by atoms with van der Waals surface area (Å²) in [6, 6.07) is 1.46. The van der Waals surface area contributed by atoms with Crippen molar-refractivity contribution in [3.8, 4) is 0 Å². The summed E-state index contributed by atoms with van der Waals surface area (Å²) in [4.78, 5) is 44.8. The van der Waals surface area contributed by atoms with Crippen LogP contribution in [0, 0.1) is 11.8 Å². The van der Waals surface area contributed by atoms with Crippen LogP contribution < -0.4 is 10.6 Å². The molecule has 1 saturated heterocycles. The Morgan fingerprint density at radius 1 is 1.06 bits per heavy atom. The summed E-state index contributed by atoms with van der Waals surface area (Å²) in [7, 11) is 0. The third-order valence-corrected chi connectivity index (χ3v) is 7.44. The minimum absolute atomic E-state index is 0.263. The number of hydrogen-bond acceptors (Lipinski definition) is 4. The lowest BCUT2D eigenvalue weighted by Gasteiger charge is -2.30. The van der Waals surface area contributed by atoms with Crippen LogP contribution >= 0.6 is 11.6 Å². The van der Waals surface area contributed by atoms with Gasteiger partial charge >= 0.3 is 6.03 Å². The van der Waals surface area contributed by atoms with Crippen LogP contribution in [-0.2, 0) is 9.59 Å². The number of aromatic nitrogens is 1. The summed E-state index contributed by atoms with van der Waals surface area (Å²) >= 11 is 5.90. The summed E-state index contributed by atoms with van der Waals surface area (Å²) in [6.45, 7) is 0. The van der Waals surface area contributed by atoms with Gasteiger partial charge in [-0.25, -0.2) is 14.7 Å². The number of urea groups is 1. The topological polar surface area (TPSA) is 91.4 Å². The molecule has 1 unspecified atom stereocenters. The highest BCUT2D eigenvalue weighted by atomic mass is 35.5. The van der Waals surface area contributed by atoms with Crippen molar-refractivity contribution < 1.29 is 14.4 Å². The van der Waals surface area contributed by atoms with E-state index < -0.39 is 18.1 Å². The van der Waals surface area contributed by atoms with Gasteiger partial charge in [0.2, 0.25) is 5.91 Å². The van der Waals surface area contributed by atoms with Gasteiger partial charge in [-0.1, -0.05) is 75.8 Å². The Labute approximate surface area is 194 Å². The summed E-state index contributed by atoms with van der Waals surface area (Å²) in [6.07, 6.45) is 14.0. The first-order chi connectivity index (χ1) is 15.5. The van der Waals surface area contributed by atoms with Crippen LogP contribution in [0.25, 0.3) is 0 Å².